The fraction of sp³-hybridized carbons (Fsp3) is 0.474. The Labute approximate surface area is 177 Å². The molecule has 1 aromatic carbocycles. The normalized spacial score (nSPS) is 17.0. The molecule has 9 nitrogen and oxygen atoms in total. The van der Waals surface area contributed by atoms with E-state index in [1.807, 2.05) is 0 Å². The molecule has 0 aliphatic carbocycles. The quantitative estimate of drug-likeness (QED) is 0.586. The number of nitrogens with two attached hydrogens (primary N) is 1. The Hall–Kier alpha value is -2.62. The summed E-state index contributed by atoms with van der Waals surface area (Å²) in [6, 6.07) is 3.23. The number of hydrogen-bond donors (Lipinski definition) is 3. The van der Waals surface area contributed by atoms with E-state index in [0.717, 1.165) is 0 Å². The lowest BCUT2D eigenvalue weighted by Gasteiger charge is -2.30. The third kappa shape index (κ3) is 5.47. The molecule has 2 atom stereocenters. The third-order valence-corrected chi connectivity index (χ3v) is 5.23. The summed E-state index contributed by atoms with van der Waals surface area (Å²) in [7, 11) is 1.22. The smallest absolute Gasteiger partial charge is 0.407 e. The Bertz CT molecular complexity index is 814. The van der Waals surface area contributed by atoms with E-state index < -0.39 is 30.0 Å². The maximum absolute atomic E-state index is 13.0. The zero-order valence-electron chi connectivity index (χ0n) is 16.5. The predicted octanol–water partition coefficient (Wildman–Crippen LogP) is 1.86. The SMILES string of the molecule is COC(=O)NC(C(=O)N1CCCC1C(=O)Nc1ccc(Br)cc1C(N)=O)C(C)C. The number of halogens is 1. The van der Waals surface area contributed by atoms with E-state index in [1.54, 1.807) is 26.0 Å². The standard InChI is InChI=1S/C19H25BrN4O5/c1-10(2)15(23-19(28)29-3)18(27)24-8-4-5-14(24)17(26)22-13-7-6-11(20)9-12(13)16(21)25/h6-7,9-10,14-15H,4-5,8H2,1-3H3,(H2,21,25)(H,22,26)(H,23,28). The summed E-state index contributed by atoms with van der Waals surface area (Å²) >= 11 is 3.26. The van der Waals surface area contributed by atoms with E-state index in [2.05, 4.69) is 31.3 Å². The van der Waals surface area contributed by atoms with Crippen molar-refractivity contribution in [2.75, 3.05) is 19.0 Å². The Morgan fingerprint density at radius 3 is 2.55 bits per heavy atom. The fourth-order valence-electron chi connectivity index (χ4n) is 3.23. The van der Waals surface area contributed by atoms with E-state index in [9.17, 15) is 19.2 Å². The molecule has 0 aromatic heterocycles. The molecule has 0 bridgehead atoms. The fourth-order valence-corrected chi connectivity index (χ4v) is 3.59. The monoisotopic (exact) mass is 468 g/mol. The summed E-state index contributed by atoms with van der Waals surface area (Å²) in [5.74, 6) is -1.64. The average molecular weight is 469 g/mol. The second-order valence-corrected chi connectivity index (χ2v) is 8.01. The number of rotatable bonds is 6. The summed E-state index contributed by atoms with van der Waals surface area (Å²) in [6.45, 7) is 3.99. The van der Waals surface area contributed by atoms with Crippen LogP contribution in [0.4, 0.5) is 10.5 Å². The van der Waals surface area contributed by atoms with Gasteiger partial charge in [-0.1, -0.05) is 29.8 Å². The van der Waals surface area contributed by atoms with Gasteiger partial charge in [0.05, 0.1) is 18.4 Å². The Morgan fingerprint density at radius 1 is 1.28 bits per heavy atom. The number of nitrogens with zero attached hydrogens (tertiary/aromatic N) is 1. The zero-order valence-corrected chi connectivity index (χ0v) is 18.1. The van der Waals surface area contributed by atoms with Crippen molar-refractivity contribution in [3.8, 4) is 0 Å². The molecule has 1 saturated heterocycles. The van der Waals surface area contributed by atoms with Gasteiger partial charge < -0.3 is 26.0 Å². The Balaban J connectivity index is 2.19. The van der Waals surface area contributed by atoms with Crippen molar-refractivity contribution in [1.29, 1.82) is 0 Å². The average Bonchev–Trinajstić information content (AvgIpc) is 3.16. The molecule has 1 aromatic rings. The number of nitrogens with one attached hydrogen (secondary N) is 2. The van der Waals surface area contributed by atoms with Crippen molar-refractivity contribution in [3.05, 3.63) is 28.2 Å². The molecule has 0 saturated carbocycles. The molecule has 0 spiro atoms. The van der Waals surface area contributed by atoms with Crippen LogP contribution in [0.3, 0.4) is 0 Å². The lowest BCUT2D eigenvalue weighted by atomic mass is 10.0. The van der Waals surface area contributed by atoms with Gasteiger partial charge in [0.15, 0.2) is 0 Å². The van der Waals surface area contributed by atoms with Gasteiger partial charge in [0, 0.05) is 11.0 Å². The number of carbonyl (C=O) groups excluding carboxylic acids is 4. The highest BCUT2D eigenvalue weighted by Crippen LogP contribution is 2.24. The number of methoxy groups -OCH3 is 1. The highest BCUT2D eigenvalue weighted by atomic mass is 79.9. The largest absolute Gasteiger partial charge is 0.453 e. The predicted molar refractivity (Wildman–Crippen MR) is 110 cm³/mol. The summed E-state index contributed by atoms with van der Waals surface area (Å²) in [6.07, 6.45) is 0.414. The van der Waals surface area contributed by atoms with Crippen LogP contribution >= 0.6 is 15.9 Å². The zero-order chi connectivity index (χ0) is 21.7. The number of ether oxygens (including phenoxy) is 1. The maximum Gasteiger partial charge on any atom is 0.407 e. The van der Waals surface area contributed by atoms with Gasteiger partial charge in [-0.25, -0.2) is 4.79 Å². The molecule has 0 radical (unpaired) electrons. The lowest BCUT2D eigenvalue weighted by Crippen LogP contribution is -2.54. The van der Waals surface area contributed by atoms with Gasteiger partial charge in [-0.05, 0) is 37.0 Å². The molecule has 158 valence electrons. The molecule has 1 aliphatic heterocycles. The molecule has 2 rings (SSSR count). The molecule has 1 heterocycles. The number of hydrogen-bond acceptors (Lipinski definition) is 5. The van der Waals surface area contributed by atoms with Gasteiger partial charge in [-0.15, -0.1) is 0 Å². The molecule has 4 amide bonds. The van der Waals surface area contributed by atoms with E-state index in [1.165, 1.54) is 18.1 Å². The van der Waals surface area contributed by atoms with Gasteiger partial charge in [0.25, 0.3) is 5.91 Å². The molecule has 1 fully saturated rings. The summed E-state index contributed by atoms with van der Waals surface area (Å²) < 4.78 is 5.24. The van der Waals surface area contributed by atoms with Crippen LogP contribution in [-0.4, -0.2) is 54.5 Å². The van der Waals surface area contributed by atoms with Crippen LogP contribution < -0.4 is 16.4 Å². The molecular formula is C19H25BrN4O5. The van der Waals surface area contributed by atoms with Gasteiger partial charge in [0.1, 0.15) is 12.1 Å². The van der Waals surface area contributed by atoms with Crippen LogP contribution in [0.25, 0.3) is 0 Å². The number of carbonyl (C=O) groups is 4. The molecule has 4 N–H and O–H groups in total. The van der Waals surface area contributed by atoms with Crippen molar-refractivity contribution in [2.24, 2.45) is 11.7 Å². The van der Waals surface area contributed by atoms with Crippen molar-refractivity contribution in [3.63, 3.8) is 0 Å². The molecule has 1 aliphatic rings. The highest BCUT2D eigenvalue weighted by molar-refractivity contribution is 9.10. The van der Waals surface area contributed by atoms with Gasteiger partial charge in [-0.2, -0.15) is 0 Å². The first-order valence-corrected chi connectivity index (χ1v) is 10.00. The summed E-state index contributed by atoms with van der Waals surface area (Å²) in [5.41, 5.74) is 5.83. The third-order valence-electron chi connectivity index (χ3n) is 4.73. The van der Waals surface area contributed by atoms with Crippen LogP contribution in [0.2, 0.25) is 0 Å². The first-order valence-electron chi connectivity index (χ1n) is 9.20. The first kappa shape index (κ1) is 22.7. The number of likely N-dealkylation sites (tertiary alicyclic amines) is 1. The number of alkyl carbamates (subject to hydrolysis) is 1. The van der Waals surface area contributed by atoms with Crippen molar-refractivity contribution >= 4 is 45.4 Å². The molecule has 29 heavy (non-hydrogen) atoms. The minimum atomic E-state index is -0.815. The minimum Gasteiger partial charge on any atom is -0.453 e. The molecular weight excluding hydrogens is 444 g/mol. The lowest BCUT2D eigenvalue weighted by molar-refractivity contribution is -0.139. The van der Waals surface area contributed by atoms with Gasteiger partial charge in [0.2, 0.25) is 11.8 Å². The topological polar surface area (TPSA) is 131 Å². The number of benzene rings is 1. The van der Waals surface area contributed by atoms with Crippen molar-refractivity contribution in [2.45, 2.75) is 38.8 Å². The van der Waals surface area contributed by atoms with Crippen LogP contribution in [0.5, 0.6) is 0 Å². The van der Waals surface area contributed by atoms with Crippen LogP contribution in [-0.2, 0) is 14.3 Å². The molecule has 10 heteroatoms. The summed E-state index contributed by atoms with van der Waals surface area (Å²) in [5, 5.41) is 5.23. The second-order valence-electron chi connectivity index (χ2n) is 7.09. The van der Waals surface area contributed by atoms with E-state index in [-0.39, 0.29) is 23.1 Å². The number of amides is 4. The summed E-state index contributed by atoms with van der Waals surface area (Å²) in [4.78, 5) is 50.6. The van der Waals surface area contributed by atoms with Gasteiger partial charge >= 0.3 is 6.09 Å². The van der Waals surface area contributed by atoms with Gasteiger partial charge in [-0.3, -0.25) is 14.4 Å². The van der Waals surface area contributed by atoms with E-state index >= 15 is 0 Å². The Morgan fingerprint density at radius 2 is 1.97 bits per heavy atom. The van der Waals surface area contributed by atoms with E-state index in [4.69, 9.17) is 5.73 Å². The highest BCUT2D eigenvalue weighted by Gasteiger charge is 2.39. The molecule has 2 unspecified atom stereocenters. The van der Waals surface area contributed by atoms with Crippen LogP contribution in [0, 0.1) is 5.92 Å². The first-order chi connectivity index (χ1) is 13.6. The van der Waals surface area contributed by atoms with E-state index in [0.29, 0.717) is 23.9 Å². The second kappa shape index (κ2) is 9.73. The van der Waals surface area contributed by atoms with Crippen molar-refractivity contribution < 1.29 is 23.9 Å². The minimum absolute atomic E-state index is 0.163. The van der Waals surface area contributed by atoms with Crippen molar-refractivity contribution in [1.82, 2.24) is 10.2 Å². The number of anilines is 1. The van der Waals surface area contributed by atoms with Crippen LogP contribution in [0.15, 0.2) is 22.7 Å². The Kier molecular flexibility index (Phi) is 7.60. The maximum atomic E-state index is 13.0. The number of primary amides is 1. The van der Waals surface area contributed by atoms with Crippen LogP contribution in [0.1, 0.15) is 37.0 Å².